The van der Waals surface area contributed by atoms with E-state index >= 15 is 0 Å². The first kappa shape index (κ1) is 16.3. The minimum absolute atomic E-state index is 0.150. The number of aryl methyl sites for hydroxylation is 1. The molecule has 2 aromatic carbocycles. The highest BCUT2D eigenvalue weighted by Gasteiger charge is 2.15. The predicted octanol–water partition coefficient (Wildman–Crippen LogP) is 4.02. The zero-order chi connectivity index (χ0) is 16.3. The van der Waals surface area contributed by atoms with Gasteiger partial charge in [0.05, 0.1) is 5.02 Å². The van der Waals surface area contributed by atoms with Gasteiger partial charge in [-0.2, -0.15) is 0 Å². The molecule has 4 nitrogen and oxygen atoms in total. The van der Waals surface area contributed by atoms with Crippen molar-refractivity contribution in [3.63, 3.8) is 0 Å². The molecule has 0 bridgehead atoms. The molecule has 0 aromatic heterocycles. The highest BCUT2D eigenvalue weighted by molar-refractivity contribution is 6.44. The van der Waals surface area contributed by atoms with Gasteiger partial charge in [-0.15, -0.1) is 0 Å². The molecule has 2 N–H and O–H groups in total. The minimum atomic E-state index is -0.903. The molecule has 0 aliphatic heterocycles. The molecule has 114 valence electrons. The molecule has 0 saturated carbocycles. The van der Waals surface area contributed by atoms with Gasteiger partial charge in [0.25, 0.3) is 0 Å². The fraction of sp³-hybridized carbons (Fsp3) is 0.0667. The normalized spacial score (nSPS) is 10.2. The molecule has 0 atom stereocenters. The average molecular weight is 341 g/mol. The summed E-state index contributed by atoms with van der Waals surface area (Å²) >= 11 is 11.5. The van der Waals surface area contributed by atoms with Gasteiger partial charge in [-0.05, 0) is 42.8 Å². The van der Waals surface area contributed by atoms with Crippen molar-refractivity contribution in [2.75, 3.05) is 10.6 Å². The van der Waals surface area contributed by atoms with E-state index in [-0.39, 0.29) is 10.7 Å². The van der Waals surface area contributed by atoms with Crippen LogP contribution in [0.25, 0.3) is 0 Å². The summed E-state index contributed by atoms with van der Waals surface area (Å²) in [5, 5.41) is 5.06. The number of carbonyl (C=O) groups is 2. The third-order valence-corrected chi connectivity index (χ3v) is 3.51. The monoisotopic (exact) mass is 340 g/mol. The number of amides is 2. The van der Waals surface area contributed by atoms with E-state index in [9.17, 15) is 14.0 Å². The summed E-state index contributed by atoms with van der Waals surface area (Å²) in [7, 11) is 0. The van der Waals surface area contributed by atoms with Gasteiger partial charge in [-0.1, -0.05) is 29.3 Å². The molecular weight excluding hydrogens is 330 g/mol. The van der Waals surface area contributed by atoms with Crippen LogP contribution in [0, 0.1) is 12.7 Å². The molecular formula is C15H11Cl2FN2O2. The van der Waals surface area contributed by atoms with Crippen molar-refractivity contribution in [3.05, 3.63) is 57.8 Å². The van der Waals surface area contributed by atoms with Crippen molar-refractivity contribution in [2.45, 2.75) is 6.92 Å². The Labute approximate surface area is 136 Å². The Balaban J connectivity index is 2.04. The Morgan fingerprint density at radius 1 is 0.909 bits per heavy atom. The molecule has 22 heavy (non-hydrogen) atoms. The number of benzene rings is 2. The van der Waals surface area contributed by atoms with Crippen LogP contribution in [0.5, 0.6) is 0 Å². The third kappa shape index (κ3) is 3.96. The molecule has 0 heterocycles. The topological polar surface area (TPSA) is 58.2 Å². The van der Waals surface area contributed by atoms with E-state index in [1.807, 2.05) is 6.92 Å². The summed E-state index contributed by atoms with van der Waals surface area (Å²) in [6.07, 6.45) is 0. The lowest BCUT2D eigenvalue weighted by atomic mass is 10.2. The molecule has 2 aromatic rings. The second-order valence-corrected chi connectivity index (χ2v) is 5.32. The molecule has 0 aliphatic rings. The summed E-state index contributed by atoms with van der Waals surface area (Å²) < 4.78 is 13.0. The number of hydrogen-bond acceptors (Lipinski definition) is 2. The second kappa shape index (κ2) is 6.77. The average Bonchev–Trinajstić information content (AvgIpc) is 2.46. The van der Waals surface area contributed by atoms with Gasteiger partial charge in [-0.3, -0.25) is 9.59 Å². The molecule has 0 saturated heterocycles. The number of halogens is 3. The first-order valence-corrected chi connectivity index (χ1v) is 6.96. The SMILES string of the molecule is Cc1ccc(NC(=O)C(=O)Nc2ccc(F)c(Cl)c2)cc1Cl. The van der Waals surface area contributed by atoms with E-state index in [1.165, 1.54) is 18.2 Å². The molecule has 0 spiro atoms. The summed E-state index contributed by atoms with van der Waals surface area (Å²) in [6, 6.07) is 8.49. The van der Waals surface area contributed by atoms with Crippen LogP contribution < -0.4 is 10.6 Å². The van der Waals surface area contributed by atoms with Crippen molar-refractivity contribution in [2.24, 2.45) is 0 Å². The molecule has 0 radical (unpaired) electrons. The maximum absolute atomic E-state index is 13.0. The number of carbonyl (C=O) groups excluding carboxylic acids is 2. The second-order valence-electron chi connectivity index (χ2n) is 4.50. The van der Waals surface area contributed by atoms with E-state index < -0.39 is 17.6 Å². The Kier molecular flexibility index (Phi) is 5.00. The highest BCUT2D eigenvalue weighted by Crippen LogP contribution is 2.21. The van der Waals surface area contributed by atoms with Gasteiger partial charge in [0.15, 0.2) is 0 Å². The van der Waals surface area contributed by atoms with E-state index in [1.54, 1.807) is 12.1 Å². The molecule has 2 amide bonds. The standard InChI is InChI=1S/C15H11Cl2FN2O2/c1-8-2-3-9(6-11(8)16)19-14(21)15(22)20-10-4-5-13(18)12(17)7-10/h2-7H,1H3,(H,19,21)(H,20,22). The first-order chi connectivity index (χ1) is 10.4. The van der Waals surface area contributed by atoms with Gasteiger partial charge in [0, 0.05) is 16.4 Å². The fourth-order valence-corrected chi connectivity index (χ4v) is 1.98. The van der Waals surface area contributed by atoms with Gasteiger partial charge in [0.1, 0.15) is 5.82 Å². The quantitative estimate of drug-likeness (QED) is 0.811. The van der Waals surface area contributed by atoms with Crippen molar-refractivity contribution < 1.29 is 14.0 Å². The molecule has 0 unspecified atom stereocenters. The van der Waals surface area contributed by atoms with Crippen LogP contribution in [-0.4, -0.2) is 11.8 Å². The van der Waals surface area contributed by atoms with Crippen LogP contribution in [0.2, 0.25) is 10.0 Å². The van der Waals surface area contributed by atoms with Crippen LogP contribution in [0.3, 0.4) is 0 Å². The number of rotatable bonds is 2. The Bertz CT molecular complexity index is 687. The van der Waals surface area contributed by atoms with Crippen LogP contribution in [0.15, 0.2) is 36.4 Å². The molecule has 0 fully saturated rings. The van der Waals surface area contributed by atoms with E-state index in [4.69, 9.17) is 23.2 Å². The Morgan fingerprint density at radius 3 is 1.91 bits per heavy atom. The lowest BCUT2D eigenvalue weighted by Gasteiger charge is -2.08. The molecule has 2 rings (SSSR count). The lowest BCUT2D eigenvalue weighted by molar-refractivity contribution is -0.132. The highest BCUT2D eigenvalue weighted by atomic mass is 35.5. The number of hydrogen-bond donors (Lipinski definition) is 2. The van der Waals surface area contributed by atoms with E-state index in [2.05, 4.69) is 10.6 Å². The van der Waals surface area contributed by atoms with Crippen LogP contribution in [0.1, 0.15) is 5.56 Å². The summed E-state index contributed by atoms with van der Waals surface area (Å²) in [5.41, 5.74) is 1.46. The van der Waals surface area contributed by atoms with Crippen LogP contribution in [-0.2, 0) is 9.59 Å². The molecule has 7 heteroatoms. The van der Waals surface area contributed by atoms with Crippen LogP contribution in [0.4, 0.5) is 15.8 Å². The maximum Gasteiger partial charge on any atom is 0.314 e. The predicted molar refractivity (Wildman–Crippen MR) is 84.9 cm³/mol. The van der Waals surface area contributed by atoms with Crippen molar-refractivity contribution >= 4 is 46.4 Å². The zero-order valence-electron chi connectivity index (χ0n) is 11.4. The van der Waals surface area contributed by atoms with E-state index in [0.29, 0.717) is 10.7 Å². The first-order valence-electron chi connectivity index (χ1n) is 6.20. The number of anilines is 2. The largest absolute Gasteiger partial charge is 0.318 e. The van der Waals surface area contributed by atoms with Crippen LogP contribution >= 0.6 is 23.2 Å². The maximum atomic E-state index is 13.0. The van der Waals surface area contributed by atoms with Crippen molar-refractivity contribution in [1.29, 1.82) is 0 Å². The summed E-state index contributed by atoms with van der Waals surface area (Å²) in [6.45, 7) is 1.82. The Hall–Kier alpha value is -2.11. The summed E-state index contributed by atoms with van der Waals surface area (Å²) in [5.74, 6) is -2.39. The van der Waals surface area contributed by atoms with Crippen molar-refractivity contribution in [3.8, 4) is 0 Å². The lowest BCUT2D eigenvalue weighted by Crippen LogP contribution is -2.29. The fourth-order valence-electron chi connectivity index (χ4n) is 1.62. The van der Waals surface area contributed by atoms with Gasteiger partial charge in [-0.25, -0.2) is 4.39 Å². The van der Waals surface area contributed by atoms with Crippen molar-refractivity contribution in [1.82, 2.24) is 0 Å². The third-order valence-electron chi connectivity index (χ3n) is 2.81. The van der Waals surface area contributed by atoms with E-state index in [0.717, 1.165) is 11.6 Å². The molecule has 0 aliphatic carbocycles. The smallest absolute Gasteiger partial charge is 0.314 e. The number of nitrogens with one attached hydrogen (secondary N) is 2. The van der Waals surface area contributed by atoms with Gasteiger partial charge < -0.3 is 10.6 Å². The van der Waals surface area contributed by atoms with Gasteiger partial charge in [0.2, 0.25) is 0 Å². The Morgan fingerprint density at radius 2 is 1.41 bits per heavy atom. The summed E-state index contributed by atoms with van der Waals surface area (Å²) in [4.78, 5) is 23.6. The zero-order valence-corrected chi connectivity index (χ0v) is 12.9. The van der Waals surface area contributed by atoms with Gasteiger partial charge >= 0.3 is 11.8 Å². The minimum Gasteiger partial charge on any atom is -0.318 e.